The summed E-state index contributed by atoms with van der Waals surface area (Å²) < 4.78 is 1.64. The van der Waals surface area contributed by atoms with E-state index in [-0.39, 0.29) is 0 Å². The second kappa shape index (κ2) is 3.45. The van der Waals surface area contributed by atoms with Gasteiger partial charge in [-0.15, -0.1) is 5.10 Å². The zero-order chi connectivity index (χ0) is 9.97. The van der Waals surface area contributed by atoms with Gasteiger partial charge in [-0.25, -0.2) is 4.68 Å². The van der Waals surface area contributed by atoms with Crippen LogP contribution in [-0.4, -0.2) is 21.4 Å². The van der Waals surface area contributed by atoms with E-state index in [0.29, 0.717) is 13.1 Å². The van der Waals surface area contributed by atoms with Crippen molar-refractivity contribution in [2.75, 3.05) is 0 Å². The quantitative estimate of drug-likeness (QED) is 0.714. The van der Waals surface area contributed by atoms with Crippen LogP contribution in [0.3, 0.4) is 0 Å². The third-order valence-electron chi connectivity index (χ3n) is 1.99. The molecule has 1 aromatic heterocycles. The Balaban J connectivity index is 2.42. The molecule has 72 valence electrons. The molecule has 0 saturated carbocycles. The van der Waals surface area contributed by atoms with Crippen LogP contribution in [0, 0.1) is 6.92 Å². The Morgan fingerprint density at radius 3 is 3.21 bits per heavy atom. The number of nitrogens with zero attached hydrogens (tertiary/aromatic N) is 3. The van der Waals surface area contributed by atoms with Gasteiger partial charge in [-0.1, -0.05) is 11.3 Å². The van der Waals surface area contributed by atoms with Crippen molar-refractivity contribution in [2.24, 2.45) is 0 Å². The van der Waals surface area contributed by atoms with E-state index in [0.717, 1.165) is 16.6 Å². The van der Waals surface area contributed by atoms with Gasteiger partial charge in [-0.2, -0.15) is 0 Å². The van der Waals surface area contributed by atoms with Gasteiger partial charge in [0, 0.05) is 0 Å². The molecule has 1 amide bonds. The van der Waals surface area contributed by atoms with Gasteiger partial charge in [0.1, 0.15) is 12.2 Å². The molecule has 0 unspecified atom stereocenters. The predicted octanol–water partition coefficient (Wildman–Crippen LogP) is 0.443. The van der Waals surface area contributed by atoms with Gasteiger partial charge in [0.2, 0.25) is 6.41 Å². The Labute approximate surface area is 80.7 Å². The number of aryl methyl sites for hydroxylation is 1. The van der Waals surface area contributed by atoms with Crippen LogP contribution in [0.15, 0.2) is 18.2 Å². The van der Waals surface area contributed by atoms with Gasteiger partial charge in [-0.3, -0.25) is 4.79 Å². The first-order chi connectivity index (χ1) is 6.81. The summed E-state index contributed by atoms with van der Waals surface area (Å²) in [6, 6.07) is 5.89. The summed E-state index contributed by atoms with van der Waals surface area (Å²) in [5.41, 5.74) is 2.91. The molecule has 2 rings (SSSR count). The van der Waals surface area contributed by atoms with Gasteiger partial charge in [0.15, 0.2) is 0 Å². The number of carbonyl (C=O) groups excluding carboxylic acids is 1. The van der Waals surface area contributed by atoms with E-state index in [1.165, 1.54) is 0 Å². The standard InChI is InChI=1S/C9H10N4O/c1-7-2-3-9-8(4-7)11-12-13(9)5-10-6-14/h2-4,6H,5H2,1H3,(H,10,14). The largest absolute Gasteiger partial charge is 0.339 e. The van der Waals surface area contributed by atoms with Gasteiger partial charge >= 0.3 is 0 Å². The molecule has 5 heteroatoms. The van der Waals surface area contributed by atoms with Gasteiger partial charge < -0.3 is 5.32 Å². The lowest BCUT2D eigenvalue weighted by atomic mass is 10.2. The van der Waals surface area contributed by atoms with Gasteiger partial charge in [-0.05, 0) is 24.6 Å². The Morgan fingerprint density at radius 1 is 1.57 bits per heavy atom. The van der Waals surface area contributed by atoms with Crippen LogP contribution in [0.25, 0.3) is 11.0 Å². The summed E-state index contributed by atoms with van der Waals surface area (Å²) in [5, 5.41) is 10.4. The number of rotatable bonds is 3. The first-order valence-corrected chi connectivity index (χ1v) is 4.28. The molecule has 0 atom stereocenters. The van der Waals surface area contributed by atoms with E-state index < -0.39 is 0 Å². The van der Waals surface area contributed by atoms with Crippen molar-refractivity contribution in [2.45, 2.75) is 13.6 Å². The minimum atomic E-state index is 0.350. The number of carbonyl (C=O) groups is 1. The van der Waals surface area contributed by atoms with E-state index in [1.54, 1.807) is 4.68 Å². The predicted molar refractivity (Wildman–Crippen MR) is 51.5 cm³/mol. The number of aromatic nitrogens is 3. The van der Waals surface area contributed by atoms with Crippen LogP contribution in [-0.2, 0) is 11.5 Å². The molecular formula is C9H10N4O. The highest BCUT2D eigenvalue weighted by Crippen LogP contribution is 2.11. The molecule has 1 N–H and O–H groups in total. The van der Waals surface area contributed by atoms with E-state index >= 15 is 0 Å². The number of hydrogen-bond donors (Lipinski definition) is 1. The van der Waals surface area contributed by atoms with Crippen molar-refractivity contribution in [3.8, 4) is 0 Å². The molecule has 0 spiro atoms. The SMILES string of the molecule is Cc1ccc2c(c1)nnn2CNC=O. The van der Waals surface area contributed by atoms with Crippen LogP contribution in [0.4, 0.5) is 0 Å². The lowest BCUT2D eigenvalue weighted by molar-refractivity contribution is -0.110. The summed E-state index contributed by atoms with van der Waals surface area (Å²) in [4.78, 5) is 10.1. The fourth-order valence-corrected chi connectivity index (χ4v) is 1.32. The zero-order valence-electron chi connectivity index (χ0n) is 7.77. The van der Waals surface area contributed by atoms with Gasteiger partial charge in [0.05, 0.1) is 5.52 Å². The summed E-state index contributed by atoms with van der Waals surface area (Å²) in [6.07, 6.45) is 0.641. The zero-order valence-corrected chi connectivity index (χ0v) is 7.77. The Bertz CT molecular complexity index is 463. The minimum Gasteiger partial charge on any atom is -0.339 e. The third kappa shape index (κ3) is 1.44. The molecule has 0 fully saturated rings. The molecule has 0 aliphatic rings. The number of amides is 1. The second-order valence-electron chi connectivity index (χ2n) is 3.06. The molecular weight excluding hydrogens is 180 g/mol. The highest BCUT2D eigenvalue weighted by Gasteiger charge is 2.02. The van der Waals surface area contributed by atoms with Crippen LogP contribution in [0.1, 0.15) is 5.56 Å². The summed E-state index contributed by atoms with van der Waals surface area (Å²) in [6.45, 7) is 2.35. The normalized spacial score (nSPS) is 10.4. The van der Waals surface area contributed by atoms with E-state index in [1.807, 2.05) is 25.1 Å². The molecule has 0 saturated heterocycles. The summed E-state index contributed by atoms with van der Waals surface area (Å²) in [5.74, 6) is 0. The van der Waals surface area contributed by atoms with Crippen LogP contribution >= 0.6 is 0 Å². The average molecular weight is 190 g/mol. The molecule has 5 nitrogen and oxygen atoms in total. The topological polar surface area (TPSA) is 59.8 Å². The Hall–Kier alpha value is -1.91. The molecule has 1 heterocycles. The molecule has 1 aromatic carbocycles. The Morgan fingerprint density at radius 2 is 2.43 bits per heavy atom. The molecule has 14 heavy (non-hydrogen) atoms. The van der Waals surface area contributed by atoms with Crippen molar-refractivity contribution in [3.05, 3.63) is 23.8 Å². The number of fused-ring (bicyclic) bond motifs is 1. The molecule has 0 aliphatic heterocycles. The third-order valence-corrected chi connectivity index (χ3v) is 1.99. The maximum absolute atomic E-state index is 10.1. The number of hydrogen-bond acceptors (Lipinski definition) is 3. The maximum Gasteiger partial charge on any atom is 0.208 e. The van der Waals surface area contributed by atoms with Crippen LogP contribution in [0.5, 0.6) is 0 Å². The van der Waals surface area contributed by atoms with Crippen molar-refractivity contribution < 1.29 is 4.79 Å². The Kier molecular flexibility index (Phi) is 2.14. The average Bonchev–Trinajstić information content (AvgIpc) is 2.57. The van der Waals surface area contributed by atoms with Crippen LogP contribution in [0.2, 0.25) is 0 Å². The first-order valence-electron chi connectivity index (χ1n) is 4.28. The van der Waals surface area contributed by atoms with E-state index in [9.17, 15) is 4.79 Å². The lowest BCUT2D eigenvalue weighted by Gasteiger charge is -1.99. The highest BCUT2D eigenvalue weighted by atomic mass is 16.1. The maximum atomic E-state index is 10.1. The molecule has 2 aromatic rings. The fraction of sp³-hybridized carbons (Fsp3) is 0.222. The molecule has 0 radical (unpaired) electrons. The first kappa shape index (κ1) is 8.68. The number of nitrogens with one attached hydrogen (secondary N) is 1. The van der Waals surface area contributed by atoms with Crippen molar-refractivity contribution in [3.63, 3.8) is 0 Å². The fourth-order valence-electron chi connectivity index (χ4n) is 1.32. The lowest BCUT2D eigenvalue weighted by Crippen LogP contribution is -2.17. The molecule has 0 aliphatic carbocycles. The van der Waals surface area contributed by atoms with E-state index in [4.69, 9.17) is 0 Å². The van der Waals surface area contributed by atoms with E-state index in [2.05, 4.69) is 15.6 Å². The van der Waals surface area contributed by atoms with Crippen molar-refractivity contribution in [1.82, 2.24) is 20.3 Å². The summed E-state index contributed by atoms with van der Waals surface area (Å²) in [7, 11) is 0. The minimum absolute atomic E-state index is 0.350. The summed E-state index contributed by atoms with van der Waals surface area (Å²) >= 11 is 0. The smallest absolute Gasteiger partial charge is 0.208 e. The van der Waals surface area contributed by atoms with Crippen molar-refractivity contribution >= 4 is 17.4 Å². The molecule has 0 bridgehead atoms. The second-order valence-corrected chi connectivity index (χ2v) is 3.06. The van der Waals surface area contributed by atoms with Crippen molar-refractivity contribution in [1.29, 1.82) is 0 Å². The van der Waals surface area contributed by atoms with Gasteiger partial charge in [0.25, 0.3) is 0 Å². The highest BCUT2D eigenvalue weighted by molar-refractivity contribution is 5.74. The monoisotopic (exact) mass is 190 g/mol. The van der Waals surface area contributed by atoms with Crippen LogP contribution < -0.4 is 5.32 Å². The number of benzene rings is 1.